The Morgan fingerprint density at radius 1 is 1.25 bits per heavy atom. The smallest absolute Gasteiger partial charge is 0.0624 e. The van der Waals surface area contributed by atoms with Gasteiger partial charge in [-0.1, -0.05) is 33.1 Å². The van der Waals surface area contributed by atoms with Crippen LogP contribution in [0.3, 0.4) is 0 Å². The lowest BCUT2D eigenvalue weighted by atomic mass is 9.93. The SMILES string of the molecule is CCNC1CCCCC(Cc2cc(CC)nn2CC)C1. The molecule has 1 N–H and O–H groups in total. The van der Waals surface area contributed by atoms with Crippen molar-refractivity contribution in [2.24, 2.45) is 5.92 Å². The first-order valence-corrected chi connectivity index (χ1v) is 8.55. The summed E-state index contributed by atoms with van der Waals surface area (Å²) in [6.07, 6.45) is 9.13. The molecule has 114 valence electrons. The second-order valence-corrected chi connectivity index (χ2v) is 6.14. The van der Waals surface area contributed by atoms with E-state index in [1.54, 1.807) is 0 Å². The van der Waals surface area contributed by atoms with Crippen LogP contribution in [-0.4, -0.2) is 22.4 Å². The predicted molar refractivity (Wildman–Crippen MR) is 85.0 cm³/mol. The van der Waals surface area contributed by atoms with Gasteiger partial charge in [-0.2, -0.15) is 5.10 Å². The van der Waals surface area contributed by atoms with Crippen LogP contribution in [0.25, 0.3) is 0 Å². The maximum Gasteiger partial charge on any atom is 0.0624 e. The van der Waals surface area contributed by atoms with E-state index in [0.717, 1.165) is 31.5 Å². The molecule has 0 aliphatic heterocycles. The van der Waals surface area contributed by atoms with Crippen molar-refractivity contribution in [1.29, 1.82) is 0 Å². The summed E-state index contributed by atoms with van der Waals surface area (Å²) in [7, 11) is 0. The van der Waals surface area contributed by atoms with Gasteiger partial charge in [0, 0.05) is 18.3 Å². The average molecular weight is 277 g/mol. The third kappa shape index (κ3) is 4.08. The van der Waals surface area contributed by atoms with Crippen LogP contribution in [0.5, 0.6) is 0 Å². The van der Waals surface area contributed by atoms with E-state index in [9.17, 15) is 0 Å². The van der Waals surface area contributed by atoms with Crippen LogP contribution in [0.15, 0.2) is 6.07 Å². The van der Waals surface area contributed by atoms with Gasteiger partial charge in [0.15, 0.2) is 0 Å². The highest BCUT2D eigenvalue weighted by molar-refractivity contribution is 5.11. The summed E-state index contributed by atoms with van der Waals surface area (Å²) in [6.45, 7) is 8.71. The first-order chi connectivity index (χ1) is 9.76. The molecule has 0 amide bonds. The second-order valence-electron chi connectivity index (χ2n) is 6.14. The Morgan fingerprint density at radius 2 is 2.05 bits per heavy atom. The first-order valence-electron chi connectivity index (χ1n) is 8.55. The molecule has 1 aromatic heterocycles. The Morgan fingerprint density at radius 3 is 2.75 bits per heavy atom. The Hall–Kier alpha value is -0.830. The fourth-order valence-electron chi connectivity index (χ4n) is 3.54. The lowest BCUT2D eigenvalue weighted by Crippen LogP contribution is -2.30. The molecule has 0 bridgehead atoms. The zero-order chi connectivity index (χ0) is 14.4. The van der Waals surface area contributed by atoms with E-state index in [4.69, 9.17) is 5.10 Å². The average Bonchev–Trinajstić information content (AvgIpc) is 2.72. The van der Waals surface area contributed by atoms with Gasteiger partial charge in [-0.05, 0) is 51.1 Å². The zero-order valence-electron chi connectivity index (χ0n) is 13.5. The Labute approximate surface area is 124 Å². The lowest BCUT2D eigenvalue weighted by molar-refractivity contribution is 0.381. The van der Waals surface area contributed by atoms with Gasteiger partial charge in [-0.15, -0.1) is 0 Å². The van der Waals surface area contributed by atoms with Gasteiger partial charge < -0.3 is 5.32 Å². The highest BCUT2D eigenvalue weighted by Gasteiger charge is 2.21. The van der Waals surface area contributed by atoms with Crippen LogP contribution in [-0.2, 0) is 19.4 Å². The molecule has 20 heavy (non-hydrogen) atoms. The van der Waals surface area contributed by atoms with Gasteiger partial charge >= 0.3 is 0 Å². The largest absolute Gasteiger partial charge is 0.314 e. The maximum absolute atomic E-state index is 4.69. The van der Waals surface area contributed by atoms with Crippen molar-refractivity contribution < 1.29 is 0 Å². The van der Waals surface area contributed by atoms with E-state index in [1.807, 2.05) is 0 Å². The van der Waals surface area contributed by atoms with Crippen LogP contribution in [0.2, 0.25) is 0 Å². The zero-order valence-corrected chi connectivity index (χ0v) is 13.5. The molecule has 0 spiro atoms. The fourth-order valence-corrected chi connectivity index (χ4v) is 3.54. The molecule has 0 radical (unpaired) electrons. The van der Waals surface area contributed by atoms with Crippen molar-refractivity contribution in [2.75, 3.05) is 6.54 Å². The van der Waals surface area contributed by atoms with Crippen molar-refractivity contribution in [3.8, 4) is 0 Å². The third-order valence-corrected chi connectivity index (χ3v) is 4.60. The molecule has 2 atom stereocenters. The fraction of sp³-hybridized carbons (Fsp3) is 0.824. The predicted octanol–water partition coefficient (Wildman–Crippen LogP) is 3.57. The molecular weight excluding hydrogens is 246 g/mol. The topological polar surface area (TPSA) is 29.9 Å². The van der Waals surface area contributed by atoms with Gasteiger partial charge in [0.2, 0.25) is 0 Å². The van der Waals surface area contributed by atoms with Crippen molar-refractivity contribution in [3.05, 3.63) is 17.5 Å². The summed E-state index contributed by atoms with van der Waals surface area (Å²) < 4.78 is 2.21. The molecule has 1 saturated carbocycles. The molecule has 1 aromatic rings. The Bertz CT molecular complexity index is 397. The Balaban J connectivity index is 2.01. The number of aryl methyl sites for hydroxylation is 2. The van der Waals surface area contributed by atoms with Gasteiger partial charge in [0.1, 0.15) is 0 Å². The summed E-state index contributed by atoms with van der Waals surface area (Å²) in [5, 5.41) is 8.36. The number of nitrogens with one attached hydrogen (secondary N) is 1. The quantitative estimate of drug-likeness (QED) is 0.806. The molecule has 3 heteroatoms. The van der Waals surface area contributed by atoms with Gasteiger partial charge in [0.05, 0.1) is 5.69 Å². The lowest BCUT2D eigenvalue weighted by Gasteiger charge is -2.21. The normalized spacial score (nSPS) is 23.8. The molecular formula is C17H31N3. The van der Waals surface area contributed by atoms with Crippen LogP contribution in [0, 0.1) is 5.92 Å². The maximum atomic E-state index is 4.69. The highest BCUT2D eigenvalue weighted by atomic mass is 15.3. The van der Waals surface area contributed by atoms with E-state index in [0.29, 0.717) is 0 Å². The number of hydrogen-bond donors (Lipinski definition) is 1. The minimum Gasteiger partial charge on any atom is -0.314 e. The van der Waals surface area contributed by atoms with Gasteiger partial charge in [-0.25, -0.2) is 0 Å². The first kappa shape index (κ1) is 15.6. The van der Waals surface area contributed by atoms with E-state index in [2.05, 4.69) is 36.8 Å². The standard InChI is InChI=1S/C17H31N3/c1-4-15-13-17(20(6-3)19-15)12-14-9-7-8-10-16(11-14)18-5-2/h13-14,16,18H,4-12H2,1-3H3. The van der Waals surface area contributed by atoms with Gasteiger partial charge in [0.25, 0.3) is 0 Å². The molecule has 3 nitrogen and oxygen atoms in total. The number of aromatic nitrogens is 2. The third-order valence-electron chi connectivity index (χ3n) is 4.60. The van der Waals surface area contributed by atoms with Gasteiger partial charge in [-0.3, -0.25) is 4.68 Å². The summed E-state index contributed by atoms with van der Waals surface area (Å²) in [5.74, 6) is 0.827. The monoisotopic (exact) mass is 277 g/mol. The van der Waals surface area contributed by atoms with Crippen LogP contribution >= 0.6 is 0 Å². The van der Waals surface area contributed by atoms with E-state index < -0.39 is 0 Å². The number of hydrogen-bond acceptors (Lipinski definition) is 2. The van der Waals surface area contributed by atoms with E-state index in [1.165, 1.54) is 49.9 Å². The van der Waals surface area contributed by atoms with Crippen LogP contribution < -0.4 is 5.32 Å². The minimum absolute atomic E-state index is 0.733. The molecule has 2 unspecified atom stereocenters. The van der Waals surface area contributed by atoms with Crippen molar-refractivity contribution >= 4 is 0 Å². The van der Waals surface area contributed by atoms with Crippen molar-refractivity contribution in [2.45, 2.75) is 78.3 Å². The number of rotatable bonds is 6. The minimum atomic E-state index is 0.733. The van der Waals surface area contributed by atoms with Crippen LogP contribution in [0.4, 0.5) is 0 Å². The van der Waals surface area contributed by atoms with Crippen molar-refractivity contribution in [3.63, 3.8) is 0 Å². The highest BCUT2D eigenvalue weighted by Crippen LogP contribution is 2.26. The molecule has 1 heterocycles. The van der Waals surface area contributed by atoms with Crippen LogP contribution in [0.1, 0.15) is 64.3 Å². The van der Waals surface area contributed by atoms with Crippen molar-refractivity contribution in [1.82, 2.24) is 15.1 Å². The summed E-state index contributed by atoms with van der Waals surface area (Å²) >= 11 is 0. The second kappa shape index (κ2) is 7.82. The molecule has 0 saturated heterocycles. The molecule has 2 rings (SSSR count). The summed E-state index contributed by atoms with van der Waals surface area (Å²) in [4.78, 5) is 0. The summed E-state index contributed by atoms with van der Waals surface area (Å²) in [5.41, 5.74) is 2.70. The molecule has 1 aliphatic rings. The Kier molecular flexibility index (Phi) is 6.08. The molecule has 1 fully saturated rings. The molecule has 0 aromatic carbocycles. The molecule has 1 aliphatic carbocycles. The number of nitrogens with zero attached hydrogens (tertiary/aromatic N) is 2. The van der Waals surface area contributed by atoms with E-state index >= 15 is 0 Å². The summed E-state index contributed by atoms with van der Waals surface area (Å²) in [6, 6.07) is 3.06. The van der Waals surface area contributed by atoms with E-state index in [-0.39, 0.29) is 0 Å².